The molecular weight excluding hydrogens is 264 g/mol. The van der Waals surface area contributed by atoms with E-state index in [4.69, 9.17) is 9.47 Å². The van der Waals surface area contributed by atoms with E-state index in [1.165, 1.54) is 0 Å². The van der Waals surface area contributed by atoms with Crippen molar-refractivity contribution in [2.24, 2.45) is 0 Å². The fourth-order valence-electron chi connectivity index (χ4n) is 2.44. The zero-order valence-electron chi connectivity index (χ0n) is 11.7. The molecule has 0 amide bonds. The van der Waals surface area contributed by atoms with Crippen LogP contribution in [0.5, 0.6) is 11.5 Å². The lowest BCUT2D eigenvalue weighted by molar-refractivity contribution is 0.0734. The first-order valence-electron chi connectivity index (χ1n) is 6.97. The monoisotopic (exact) mass is 280 g/mol. The molecule has 21 heavy (non-hydrogen) atoms. The Bertz CT molecular complexity index is 674. The smallest absolute Gasteiger partial charge is 0.343 e. The third-order valence-electron chi connectivity index (χ3n) is 3.44. The van der Waals surface area contributed by atoms with Crippen LogP contribution in [0.3, 0.4) is 0 Å². The van der Waals surface area contributed by atoms with Crippen molar-refractivity contribution < 1.29 is 14.3 Å². The molecule has 0 N–H and O–H groups in total. The number of carbonyl (C=O) groups is 1. The van der Waals surface area contributed by atoms with Gasteiger partial charge in [-0.25, -0.2) is 4.79 Å². The second-order valence-electron chi connectivity index (χ2n) is 4.91. The van der Waals surface area contributed by atoms with Gasteiger partial charge in [-0.1, -0.05) is 30.9 Å². The minimum atomic E-state index is -0.363. The van der Waals surface area contributed by atoms with Gasteiger partial charge >= 0.3 is 5.97 Å². The zero-order chi connectivity index (χ0) is 14.7. The summed E-state index contributed by atoms with van der Waals surface area (Å²) in [6.07, 6.45) is 3.58. The van der Waals surface area contributed by atoms with Gasteiger partial charge in [-0.15, -0.1) is 0 Å². The first kappa shape index (κ1) is 13.4. The van der Waals surface area contributed by atoms with Crippen LogP contribution in [-0.4, -0.2) is 12.6 Å². The highest BCUT2D eigenvalue weighted by atomic mass is 16.5. The van der Waals surface area contributed by atoms with E-state index in [0.717, 1.165) is 29.7 Å². The van der Waals surface area contributed by atoms with E-state index in [1.54, 1.807) is 24.3 Å². The maximum Gasteiger partial charge on any atom is 0.343 e. The highest BCUT2D eigenvalue weighted by Gasteiger charge is 2.18. The molecule has 0 bridgehead atoms. The topological polar surface area (TPSA) is 35.5 Å². The van der Waals surface area contributed by atoms with Crippen LogP contribution >= 0.6 is 0 Å². The zero-order valence-corrected chi connectivity index (χ0v) is 11.7. The van der Waals surface area contributed by atoms with E-state index in [0.29, 0.717) is 17.9 Å². The summed E-state index contributed by atoms with van der Waals surface area (Å²) in [5, 5.41) is 0. The number of hydrogen-bond acceptors (Lipinski definition) is 3. The van der Waals surface area contributed by atoms with Gasteiger partial charge in [-0.3, -0.25) is 0 Å². The van der Waals surface area contributed by atoms with Crippen molar-refractivity contribution in [1.29, 1.82) is 0 Å². The van der Waals surface area contributed by atoms with Crippen LogP contribution in [0.4, 0.5) is 0 Å². The molecule has 0 saturated carbocycles. The average molecular weight is 280 g/mol. The molecule has 106 valence electrons. The lowest BCUT2D eigenvalue weighted by atomic mass is 9.99. The van der Waals surface area contributed by atoms with Gasteiger partial charge in [0.25, 0.3) is 0 Å². The maximum absolute atomic E-state index is 12.3. The second-order valence-corrected chi connectivity index (χ2v) is 4.91. The molecule has 0 spiro atoms. The van der Waals surface area contributed by atoms with Crippen LogP contribution in [0.25, 0.3) is 6.08 Å². The molecule has 0 saturated heterocycles. The summed E-state index contributed by atoms with van der Waals surface area (Å²) >= 11 is 0. The Morgan fingerprint density at radius 3 is 2.81 bits per heavy atom. The standard InChI is InChI=1S/C18H16O3/c1-2-13-11-15(12-14-7-6-10-20-17(13)14)18(19)21-16-8-4-3-5-9-16/h2-5,8-9,11-12H,1,6-7,10H2. The number of carbonyl (C=O) groups excluding carboxylic acids is 1. The molecule has 2 aromatic carbocycles. The molecule has 0 fully saturated rings. The number of fused-ring (bicyclic) bond motifs is 1. The molecule has 3 nitrogen and oxygen atoms in total. The van der Waals surface area contributed by atoms with E-state index >= 15 is 0 Å². The summed E-state index contributed by atoms with van der Waals surface area (Å²) in [6, 6.07) is 12.7. The van der Waals surface area contributed by atoms with Crippen LogP contribution in [0, 0.1) is 0 Å². The molecule has 0 atom stereocenters. The first-order chi connectivity index (χ1) is 10.3. The summed E-state index contributed by atoms with van der Waals surface area (Å²) < 4.78 is 11.1. The summed E-state index contributed by atoms with van der Waals surface area (Å²) in [5.41, 5.74) is 2.41. The highest BCUT2D eigenvalue weighted by molar-refractivity contribution is 5.92. The van der Waals surface area contributed by atoms with E-state index < -0.39 is 0 Å². The number of benzene rings is 2. The Hall–Kier alpha value is -2.55. The second kappa shape index (κ2) is 5.83. The predicted octanol–water partition coefficient (Wildman–Crippen LogP) is 3.87. The minimum absolute atomic E-state index is 0.363. The average Bonchev–Trinajstić information content (AvgIpc) is 2.54. The molecule has 0 aliphatic carbocycles. The fraction of sp³-hybridized carbons (Fsp3) is 0.167. The van der Waals surface area contributed by atoms with Gasteiger partial charge in [-0.05, 0) is 42.7 Å². The number of ether oxygens (including phenoxy) is 2. The van der Waals surface area contributed by atoms with Gasteiger partial charge in [0.2, 0.25) is 0 Å². The molecule has 1 heterocycles. The van der Waals surface area contributed by atoms with Crippen LogP contribution in [0.2, 0.25) is 0 Å². The van der Waals surface area contributed by atoms with Crippen LogP contribution in [0.15, 0.2) is 49.0 Å². The summed E-state index contributed by atoms with van der Waals surface area (Å²) in [7, 11) is 0. The lowest BCUT2D eigenvalue weighted by Crippen LogP contribution is -2.14. The highest BCUT2D eigenvalue weighted by Crippen LogP contribution is 2.31. The minimum Gasteiger partial charge on any atom is -0.493 e. The van der Waals surface area contributed by atoms with E-state index in [-0.39, 0.29) is 5.97 Å². The van der Waals surface area contributed by atoms with Crippen molar-refractivity contribution in [3.8, 4) is 11.5 Å². The summed E-state index contributed by atoms with van der Waals surface area (Å²) in [4.78, 5) is 12.3. The Morgan fingerprint density at radius 1 is 1.24 bits per heavy atom. The SMILES string of the molecule is C=Cc1cc(C(=O)Oc2ccccc2)cc2c1OCCC2. The Kier molecular flexibility index (Phi) is 3.73. The fourth-order valence-corrected chi connectivity index (χ4v) is 2.44. The molecule has 2 aromatic rings. The van der Waals surface area contributed by atoms with Gasteiger partial charge in [0.05, 0.1) is 12.2 Å². The number of hydrogen-bond donors (Lipinski definition) is 0. The maximum atomic E-state index is 12.3. The van der Waals surface area contributed by atoms with Crippen molar-refractivity contribution >= 4 is 12.0 Å². The largest absolute Gasteiger partial charge is 0.493 e. The third-order valence-corrected chi connectivity index (χ3v) is 3.44. The van der Waals surface area contributed by atoms with Crippen LogP contribution in [0.1, 0.15) is 27.9 Å². The molecule has 0 radical (unpaired) electrons. The molecular formula is C18H16O3. The Balaban J connectivity index is 1.91. The van der Waals surface area contributed by atoms with E-state index in [2.05, 4.69) is 6.58 Å². The number of para-hydroxylation sites is 1. The lowest BCUT2D eigenvalue weighted by Gasteiger charge is -2.20. The summed E-state index contributed by atoms with van der Waals surface area (Å²) in [5.74, 6) is 1.02. The first-order valence-corrected chi connectivity index (χ1v) is 6.97. The van der Waals surface area contributed by atoms with Crippen molar-refractivity contribution in [3.63, 3.8) is 0 Å². The normalized spacial score (nSPS) is 13.0. The van der Waals surface area contributed by atoms with Crippen molar-refractivity contribution in [1.82, 2.24) is 0 Å². The van der Waals surface area contributed by atoms with Crippen LogP contribution < -0.4 is 9.47 Å². The van der Waals surface area contributed by atoms with Gasteiger partial charge in [0, 0.05) is 5.56 Å². The molecule has 0 aromatic heterocycles. The number of aryl methyl sites for hydroxylation is 1. The molecule has 3 heteroatoms. The quantitative estimate of drug-likeness (QED) is 0.632. The number of esters is 1. The van der Waals surface area contributed by atoms with Crippen molar-refractivity contribution in [2.45, 2.75) is 12.8 Å². The Morgan fingerprint density at radius 2 is 2.05 bits per heavy atom. The molecule has 0 unspecified atom stereocenters. The third kappa shape index (κ3) is 2.82. The van der Waals surface area contributed by atoms with Crippen molar-refractivity contribution in [2.75, 3.05) is 6.61 Å². The molecule has 3 rings (SSSR count). The van der Waals surface area contributed by atoms with Gasteiger partial charge in [0.1, 0.15) is 11.5 Å². The molecule has 1 aliphatic rings. The summed E-state index contributed by atoms with van der Waals surface area (Å²) in [6.45, 7) is 4.50. The number of rotatable bonds is 3. The van der Waals surface area contributed by atoms with Gasteiger partial charge in [0.15, 0.2) is 0 Å². The van der Waals surface area contributed by atoms with E-state index in [1.807, 2.05) is 24.3 Å². The van der Waals surface area contributed by atoms with Gasteiger partial charge in [-0.2, -0.15) is 0 Å². The van der Waals surface area contributed by atoms with Gasteiger partial charge < -0.3 is 9.47 Å². The Labute approximate surface area is 123 Å². The van der Waals surface area contributed by atoms with E-state index in [9.17, 15) is 4.79 Å². The predicted molar refractivity (Wildman–Crippen MR) is 81.7 cm³/mol. The molecule has 1 aliphatic heterocycles. The van der Waals surface area contributed by atoms with Crippen LogP contribution in [-0.2, 0) is 6.42 Å². The van der Waals surface area contributed by atoms with Crippen molar-refractivity contribution in [3.05, 3.63) is 65.7 Å².